The Labute approximate surface area is 109 Å². The van der Waals surface area contributed by atoms with E-state index in [1.165, 1.54) is 24.9 Å². The molecule has 0 aromatic heterocycles. The van der Waals surface area contributed by atoms with Gasteiger partial charge in [-0.15, -0.1) is 0 Å². The molecule has 1 atom stereocenters. The van der Waals surface area contributed by atoms with Crippen LogP contribution in [0.4, 0.5) is 0 Å². The van der Waals surface area contributed by atoms with Gasteiger partial charge in [-0.25, -0.2) is 0 Å². The molecular weight excluding hydrogens is 234 g/mol. The van der Waals surface area contributed by atoms with Gasteiger partial charge in [0.05, 0.1) is 6.61 Å². The molecule has 2 nitrogen and oxygen atoms in total. The molecule has 0 saturated carbocycles. The summed E-state index contributed by atoms with van der Waals surface area (Å²) < 4.78 is 5.25. The highest BCUT2D eigenvalue weighted by atomic mass is 35.5. The average Bonchev–Trinajstić information content (AvgIpc) is 2.33. The second kappa shape index (κ2) is 6.39. The van der Waals surface area contributed by atoms with E-state index in [2.05, 4.69) is 17.0 Å². The van der Waals surface area contributed by atoms with Crippen molar-refractivity contribution in [3.8, 4) is 0 Å². The Morgan fingerprint density at radius 2 is 2.24 bits per heavy atom. The van der Waals surface area contributed by atoms with Crippen LogP contribution < -0.4 is 0 Å². The van der Waals surface area contributed by atoms with Crippen molar-refractivity contribution in [1.82, 2.24) is 4.90 Å². The third-order valence-corrected chi connectivity index (χ3v) is 3.73. The van der Waals surface area contributed by atoms with Crippen molar-refractivity contribution in [3.63, 3.8) is 0 Å². The number of hydrogen-bond donors (Lipinski definition) is 0. The van der Waals surface area contributed by atoms with Gasteiger partial charge in [-0.3, -0.25) is 4.90 Å². The van der Waals surface area contributed by atoms with Crippen LogP contribution in [0.1, 0.15) is 18.4 Å². The normalized spacial score (nSPS) is 21.6. The van der Waals surface area contributed by atoms with Gasteiger partial charge in [0.25, 0.3) is 0 Å². The first-order valence-electron chi connectivity index (χ1n) is 6.24. The largest absolute Gasteiger partial charge is 0.384 e. The van der Waals surface area contributed by atoms with Gasteiger partial charge in [0.15, 0.2) is 0 Å². The minimum Gasteiger partial charge on any atom is -0.384 e. The lowest BCUT2D eigenvalue weighted by atomic mass is 9.98. The Morgan fingerprint density at radius 1 is 1.41 bits per heavy atom. The SMILES string of the molecule is COC[C@@H]1CCCN(Cc2ccccc2Cl)C1. The van der Waals surface area contributed by atoms with Gasteiger partial charge < -0.3 is 4.74 Å². The number of ether oxygens (including phenoxy) is 1. The third kappa shape index (κ3) is 3.70. The number of hydrogen-bond acceptors (Lipinski definition) is 2. The van der Waals surface area contributed by atoms with E-state index in [9.17, 15) is 0 Å². The molecule has 2 rings (SSSR count). The van der Waals surface area contributed by atoms with Gasteiger partial charge >= 0.3 is 0 Å². The van der Waals surface area contributed by atoms with E-state index in [1.807, 2.05) is 12.1 Å². The predicted molar refractivity (Wildman–Crippen MR) is 71.3 cm³/mol. The summed E-state index contributed by atoms with van der Waals surface area (Å²) in [6.07, 6.45) is 2.55. The van der Waals surface area contributed by atoms with Crippen molar-refractivity contribution in [2.24, 2.45) is 5.92 Å². The molecule has 1 fully saturated rings. The molecule has 94 valence electrons. The Morgan fingerprint density at radius 3 is 3.00 bits per heavy atom. The lowest BCUT2D eigenvalue weighted by Gasteiger charge is -2.32. The van der Waals surface area contributed by atoms with Gasteiger partial charge in [-0.1, -0.05) is 29.8 Å². The number of rotatable bonds is 4. The van der Waals surface area contributed by atoms with E-state index >= 15 is 0 Å². The van der Waals surface area contributed by atoms with Crippen LogP contribution in [-0.4, -0.2) is 31.7 Å². The van der Waals surface area contributed by atoms with Crippen LogP contribution in [0.2, 0.25) is 5.02 Å². The first kappa shape index (κ1) is 12.9. The van der Waals surface area contributed by atoms with Crippen molar-refractivity contribution < 1.29 is 4.74 Å². The second-order valence-electron chi connectivity index (χ2n) is 4.79. The zero-order valence-electron chi connectivity index (χ0n) is 10.4. The molecule has 0 unspecified atom stereocenters. The molecule has 1 saturated heterocycles. The Balaban J connectivity index is 1.92. The topological polar surface area (TPSA) is 12.5 Å². The van der Waals surface area contributed by atoms with E-state index in [1.54, 1.807) is 7.11 Å². The molecule has 0 spiro atoms. The number of halogens is 1. The highest BCUT2D eigenvalue weighted by Gasteiger charge is 2.20. The van der Waals surface area contributed by atoms with E-state index in [0.717, 1.165) is 24.7 Å². The third-order valence-electron chi connectivity index (χ3n) is 3.36. The molecule has 0 amide bonds. The van der Waals surface area contributed by atoms with Gasteiger partial charge in [0, 0.05) is 25.2 Å². The van der Waals surface area contributed by atoms with Gasteiger partial charge in [-0.05, 0) is 36.9 Å². The standard InChI is InChI=1S/C14H20ClNO/c1-17-11-12-5-4-8-16(9-12)10-13-6-2-3-7-14(13)15/h2-3,6-7,12H,4-5,8-11H2,1H3/t12-/m1/s1. The number of methoxy groups -OCH3 is 1. The van der Waals surface area contributed by atoms with E-state index in [4.69, 9.17) is 16.3 Å². The van der Waals surface area contributed by atoms with Crippen LogP contribution in [0.5, 0.6) is 0 Å². The van der Waals surface area contributed by atoms with Gasteiger partial charge in [0.2, 0.25) is 0 Å². The molecule has 17 heavy (non-hydrogen) atoms. The van der Waals surface area contributed by atoms with Gasteiger partial charge in [0.1, 0.15) is 0 Å². The summed E-state index contributed by atoms with van der Waals surface area (Å²) in [6.45, 7) is 4.13. The summed E-state index contributed by atoms with van der Waals surface area (Å²) >= 11 is 6.19. The van der Waals surface area contributed by atoms with E-state index < -0.39 is 0 Å². The molecule has 3 heteroatoms. The smallest absolute Gasteiger partial charge is 0.0502 e. The molecule has 0 radical (unpaired) electrons. The monoisotopic (exact) mass is 253 g/mol. The molecule has 0 N–H and O–H groups in total. The summed E-state index contributed by atoms with van der Waals surface area (Å²) in [5, 5.41) is 0.876. The van der Waals surface area contributed by atoms with Crippen LogP contribution >= 0.6 is 11.6 Å². The fourth-order valence-corrected chi connectivity index (χ4v) is 2.73. The van der Waals surface area contributed by atoms with E-state index in [-0.39, 0.29) is 0 Å². The van der Waals surface area contributed by atoms with Crippen molar-refractivity contribution in [2.45, 2.75) is 19.4 Å². The van der Waals surface area contributed by atoms with Crippen LogP contribution in [0.15, 0.2) is 24.3 Å². The molecular formula is C14H20ClNO. The highest BCUT2D eigenvalue weighted by molar-refractivity contribution is 6.31. The highest BCUT2D eigenvalue weighted by Crippen LogP contribution is 2.22. The summed E-state index contributed by atoms with van der Waals surface area (Å²) in [6, 6.07) is 8.11. The maximum Gasteiger partial charge on any atom is 0.0502 e. The Hall–Kier alpha value is -0.570. The van der Waals surface area contributed by atoms with E-state index in [0.29, 0.717) is 5.92 Å². The summed E-state index contributed by atoms with van der Waals surface area (Å²) in [7, 11) is 1.78. The van der Waals surface area contributed by atoms with Crippen LogP contribution in [-0.2, 0) is 11.3 Å². The molecule has 1 aromatic rings. The molecule has 0 bridgehead atoms. The minimum absolute atomic E-state index is 0.677. The maximum absolute atomic E-state index is 6.19. The fraction of sp³-hybridized carbons (Fsp3) is 0.571. The van der Waals surface area contributed by atoms with Crippen LogP contribution in [0.25, 0.3) is 0 Å². The summed E-state index contributed by atoms with van der Waals surface area (Å²) in [5.41, 5.74) is 1.23. The average molecular weight is 254 g/mol. The number of piperidine rings is 1. The maximum atomic E-state index is 6.19. The minimum atomic E-state index is 0.677. The molecule has 1 aromatic carbocycles. The fourth-order valence-electron chi connectivity index (χ4n) is 2.53. The lowest BCUT2D eigenvalue weighted by Crippen LogP contribution is -2.36. The number of benzene rings is 1. The van der Waals surface area contributed by atoms with Gasteiger partial charge in [-0.2, -0.15) is 0 Å². The predicted octanol–water partition coefficient (Wildman–Crippen LogP) is 3.20. The molecule has 1 aliphatic rings. The number of likely N-dealkylation sites (tertiary alicyclic amines) is 1. The van der Waals surface area contributed by atoms with Crippen molar-refractivity contribution in [2.75, 3.05) is 26.8 Å². The Bertz CT molecular complexity index is 354. The first-order valence-corrected chi connectivity index (χ1v) is 6.62. The number of nitrogens with zero attached hydrogens (tertiary/aromatic N) is 1. The van der Waals surface area contributed by atoms with Crippen molar-refractivity contribution >= 4 is 11.6 Å². The lowest BCUT2D eigenvalue weighted by molar-refractivity contribution is 0.0874. The zero-order chi connectivity index (χ0) is 12.1. The second-order valence-corrected chi connectivity index (χ2v) is 5.20. The molecule has 0 aliphatic carbocycles. The first-order chi connectivity index (χ1) is 8.29. The van der Waals surface area contributed by atoms with Crippen LogP contribution in [0, 0.1) is 5.92 Å². The Kier molecular flexibility index (Phi) is 4.84. The van der Waals surface area contributed by atoms with Crippen LogP contribution in [0.3, 0.4) is 0 Å². The van der Waals surface area contributed by atoms with Crippen molar-refractivity contribution in [1.29, 1.82) is 0 Å². The summed E-state index contributed by atoms with van der Waals surface area (Å²) in [4.78, 5) is 2.48. The zero-order valence-corrected chi connectivity index (χ0v) is 11.1. The molecule has 1 aliphatic heterocycles. The van der Waals surface area contributed by atoms with Crippen molar-refractivity contribution in [3.05, 3.63) is 34.9 Å². The summed E-state index contributed by atoms with van der Waals surface area (Å²) in [5.74, 6) is 0.677. The quantitative estimate of drug-likeness (QED) is 0.817. The molecule has 1 heterocycles.